The Balaban J connectivity index is 1.76. The summed E-state index contributed by atoms with van der Waals surface area (Å²) in [5.74, 6) is 2.06. The molecule has 0 spiro atoms. The molecule has 1 aromatic carbocycles. The van der Waals surface area contributed by atoms with E-state index >= 15 is 0 Å². The van der Waals surface area contributed by atoms with E-state index in [1.165, 1.54) is 0 Å². The Hall–Kier alpha value is -2.63. The third-order valence-electron chi connectivity index (χ3n) is 2.99. The first-order valence-electron chi connectivity index (χ1n) is 6.33. The highest BCUT2D eigenvalue weighted by Crippen LogP contribution is 2.21. The van der Waals surface area contributed by atoms with Gasteiger partial charge in [-0.25, -0.2) is 0 Å². The van der Waals surface area contributed by atoms with Gasteiger partial charge in [0.1, 0.15) is 0 Å². The summed E-state index contributed by atoms with van der Waals surface area (Å²) in [7, 11) is 1.94. The van der Waals surface area contributed by atoms with E-state index in [1.54, 1.807) is 6.92 Å². The van der Waals surface area contributed by atoms with Crippen LogP contribution in [-0.2, 0) is 6.54 Å². The summed E-state index contributed by atoms with van der Waals surface area (Å²) in [5, 5.41) is 11.2. The molecule has 2 heterocycles. The topological polar surface area (TPSA) is 70.8 Å². The molecule has 20 heavy (non-hydrogen) atoms. The maximum atomic E-state index is 4.96. The Morgan fingerprint density at radius 2 is 2.05 bits per heavy atom. The Morgan fingerprint density at radius 1 is 1.25 bits per heavy atom. The van der Waals surface area contributed by atoms with E-state index in [9.17, 15) is 0 Å². The molecule has 102 valence electrons. The van der Waals surface area contributed by atoms with Gasteiger partial charge in [-0.2, -0.15) is 10.1 Å². The minimum Gasteiger partial charge on any atom is -0.351 e. The predicted octanol–water partition coefficient (Wildman–Crippen LogP) is 2.40. The fourth-order valence-electron chi connectivity index (χ4n) is 1.97. The van der Waals surface area contributed by atoms with Gasteiger partial charge in [-0.1, -0.05) is 35.5 Å². The van der Waals surface area contributed by atoms with Gasteiger partial charge in [-0.15, -0.1) is 0 Å². The van der Waals surface area contributed by atoms with Crippen molar-refractivity contribution >= 4 is 5.82 Å². The molecule has 6 heteroatoms. The highest BCUT2D eigenvalue weighted by atomic mass is 16.5. The zero-order chi connectivity index (χ0) is 13.9. The van der Waals surface area contributed by atoms with Crippen molar-refractivity contribution in [1.82, 2.24) is 20.3 Å². The third kappa shape index (κ3) is 2.54. The lowest BCUT2D eigenvalue weighted by molar-refractivity contribution is 0.387. The van der Waals surface area contributed by atoms with Crippen LogP contribution in [-0.4, -0.2) is 27.4 Å². The normalized spacial score (nSPS) is 10.7. The number of aromatic nitrogens is 4. The molecule has 0 aliphatic carbocycles. The van der Waals surface area contributed by atoms with Crippen LogP contribution in [0.25, 0.3) is 11.3 Å². The second kappa shape index (κ2) is 5.16. The molecule has 0 unspecified atom stereocenters. The second-order valence-corrected chi connectivity index (χ2v) is 4.59. The van der Waals surface area contributed by atoms with E-state index in [0.29, 0.717) is 18.3 Å². The van der Waals surface area contributed by atoms with Crippen molar-refractivity contribution in [2.45, 2.75) is 13.5 Å². The first kappa shape index (κ1) is 12.4. The number of hydrogen-bond donors (Lipinski definition) is 1. The smallest absolute Gasteiger partial charge is 0.223 e. The van der Waals surface area contributed by atoms with E-state index in [1.807, 2.05) is 48.3 Å². The lowest BCUT2D eigenvalue weighted by atomic mass is 10.1. The predicted molar refractivity (Wildman–Crippen MR) is 75.2 cm³/mol. The molecule has 0 aliphatic rings. The van der Waals surface area contributed by atoms with Crippen molar-refractivity contribution in [3.8, 4) is 11.3 Å². The summed E-state index contributed by atoms with van der Waals surface area (Å²) in [6, 6.07) is 12.1. The Morgan fingerprint density at radius 3 is 2.75 bits per heavy atom. The van der Waals surface area contributed by atoms with Crippen molar-refractivity contribution in [2.24, 2.45) is 0 Å². The number of H-pyrrole nitrogens is 1. The second-order valence-electron chi connectivity index (χ2n) is 4.59. The molecule has 0 amide bonds. The number of aryl methyl sites for hydroxylation is 1. The lowest BCUT2D eigenvalue weighted by Gasteiger charge is -2.12. The molecule has 0 fully saturated rings. The van der Waals surface area contributed by atoms with Gasteiger partial charge in [0.25, 0.3) is 0 Å². The molecule has 2 aromatic heterocycles. The number of benzene rings is 1. The molecule has 0 saturated carbocycles. The minimum atomic E-state index is 0.552. The zero-order valence-corrected chi connectivity index (χ0v) is 11.4. The minimum absolute atomic E-state index is 0.552. The van der Waals surface area contributed by atoms with Crippen molar-refractivity contribution in [3.63, 3.8) is 0 Å². The average molecular weight is 269 g/mol. The van der Waals surface area contributed by atoms with Gasteiger partial charge in [0.2, 0.25) is 5.89 Å². The summed E-state index contributed by atoms with van der Waals surface area (Å²) in [4.78, 5) is 6.15. The average Bonchev–Trinajstić information content (AvgIpc) is 3.09. The van der Waals surface area contributed by atoms with Crippen molar-refractivity contribution in [2.75, 3.05) is 11.9 Å². The van der Waals surface area contributed by atoms with Crippen LogP contribution in [0.2, 0.25) is 0 Å². The van der Waals surface area contributed by atoms with E-state index in [4.69, 9.17) is 4.52 Å². The van der Waals surface area contributed by atoms with Crippen LogP contribution in [0.3, 0.4) is 0 Å². The molecule has 0 saturated heterocycles. The molecule has 0 aliphatic heterocycles. The van der Waals surface area contributed by atoms with Gasteiger partial charge in [0.05, 0.1) is 12.2 Å². The lowest BCUT2D eigenvalue weighted by Crippen LogP contribution is -2.17. The molecule has 6 nitrogen and oxygen atoms in total. The molecule has 3 aromatic rings. The van der Waals surface area contributed by atoms with Crippen LogP contribution in [0.15, 0.2) is 40.9 Å². The molecule has 0 atom stereocenters. The molecule has 3 rings (SSSR count). The quantitative estimate of drug-likeness (QED) is 0.787. The van der Waals surface area contributed by atoms with Crippen LogP contribution in [0.4, 0.5) is 5.82 Å². The molecular weight excluding hydrogens is 254 g/mol. The Labute approximate surface area is 116 Å². The monoisotopic (exact) mass is 269 g/mol. The summed E-state index contributed by atoms with van der Waals surface area (Å²) in [5.41, 5.74) is 2.09. The molecular formula is C14H15N5O. The van der Waals surface area contributed by atoms with Gasteiger partial charge in [0, 0.05) is 20.0 Å². The van der Waals surface area contributed by atoms with Gasteiger partial charge in [-0.05, 0) is 5.56 Å². The first-order valence-corrected chi connectivity index (χ1v) is 6.33. The maximum absolute atomic E-state index is 4.96. The highest BCUT2D eigenvalue weighted by Gasteiger charge is 2.11. The van der Waals surface area contributed by atoms with E-state index < -0.39 is 0 Å². The van der Waals surface area contributed by atoms with Crippen molar-refractivity contribution in [3.05, 3.63) is 48.1 Å². The fraction of sp³-hybridized carbons (Fsp3) is 0.214. The highest BCUT2D eigenvalue weighted by molar-refractivity contribution is 5.62. The van der Waals surface area contributed by atoms with Gasteiger partial charge in [0.15, 0.2) is 11.6 Å². The molecule has 0 bridgehead atoms. The Bertz CT molecular complexity index is 688. The van der Waals surface area contributed by atoms with Gasteiger partial charge >= 0.3 is 0 Å². The first-order chi connectivity index (χ1) is 9.72. The summed E-state index contributed by atoms with van der Waals surface area (Å²) in [6.45, 7) is 2.33. The summed E-state index contributed by atoms with van der Waals surface area (Å²) < 4.78 is 4.96. The largest absolute Gasteiger partial charge is 0.351 e. The van der Waals surface area contributed by atoms with E-state index in [0.717, 1.165) is 17.1 Å². The number of aromatic amines is 1. The maximum Gasteiger partial charge on any atom is 0.223 e. The standard InChI is InChI=1S/C14H15N5O/c1-10-15-13(18-20-10)9-19(2)14-8-12(16-17-14)11-6-4-3-5-7-11/h3-8H,9H2,1-2H3,(H,16,17). The number of hydrogen-bond acceptors (Lipinski definition) is 5. The van der Waals surface area contributed by atoms with Crippen molar-refractivity contribution in [1.29, 1.82) is 0 Å². The van der Waals surface area contributed by atoms with Crippen LogP contribution in [0.1, 0.15) is 11.7 Å². The number of rotatable bonds is 4. The van der Waals surface area contributed by atoms with Gasteiger partial charge in [-0.3, -0.25) is 5.10 Å². The Kier molecular flexibility index (Phi) is 3.20. The summed E-state index contributed by atoms with van der Waals surface area (Å²) >= 11 is 0. The molecule has 0 radical (unpaired) electrons. The summed E-state index contributed by atoms with van der Waals surface area (Å²) in [6.07, 6.45) is 0. The SMILES string of the molecule is Cc1nc(CN(C)c2cc(-c3ccccc3)[nH]n2)no1. The number of nitrogens with zero attached hydrogens (tertiary/aromatic N) is 4. The van der Waals surface area contributed by atoms with E-state index in [-0.39, 0.29) is 0 Å². The van der Waals surface area contributed by atoms with Gasteiger partial charge < -0.3 is 9.42 Å². The molecule has 1 N–H and O–H groups in total. The fourth-order valence-corrected chi connectivity index (χ4v) is 1.97. The van der Waals surface area contributed by atoms with Crippen LogP contribution in [0.5, 0.6) is 0 Å². The van der Waals surface area contributed by atoms with Crippen molar-refractivity contribution < 1.29 is 4.52 Å². The van der Waals surface area contributed by atoms with Crippen LogP contribution in [0, 0.1) is 6.92 Å². The zero-order valence-electron chi connectivity index (χ0n) is 11.4. The van der Waals surface area contributed by atoms with Crippen LogP contribution < -0.4 is 4.90 Å². The van der Waals surface area contributed by atoms with E-state index in [2.05, 4.69) is 20.3 Å². The van der Waals surface area contributed by atoms with Crippen LogP contribution >= 0.6 is 0 Å². The number of anilines is 1. The third-order valence-corrected chi connectivity index (χ3v) is 2.99. The number of nitrogens with one attached hydrogen (secondary N) is 1.